The van der Waals surface area contributed by atoms with Crippen molar-refractivity contribution in [2.24, 2.45) is 5.92 Å². The number of nitrogens with one attached hydrogen (secondary N) is 1. The van der Waals surface area contributed by atoms with Crippen molar-refractivity contribution in [2.45, 2.75) is 36.8 Å². The fraction of sp³-hybridized carbons (Fsp3) is 0.438. The monoisotopic (exact) mass is 412 g/mol. The van der Waals surface area contributed by atoms with Crippen molar-refractivity contribution >= 4 is 17.7 Å². The molecule has 1 aromatic carbocycles. The Labute approximate surface area is 162 Å². The van der Waals surface area contributed by atoms with Crippen molar-refractivity contribution in [1.82, 2.24) is 25.5 Å². The van der Waals surface area contributed by atoms with Crippen LogP contribution in [0.15, 0.2) is 29.4 Å². The molecule has 1 aliphatic carbocycles. The predicted molar refractivity (Wildman–Crippen MR) is 91.4 cm³/mol. The van der Waals surface area contributed by atoms with Gasteiger partial charge in [-0.15, -0.1) is 18.3 Å². The van der Waals surface area contributed by atoms with Crippen LogP contribution in [0, 0.1) is 17.2 Å². The van der Waals surface area contributed by atoms with Crippen molar-refractivity contribution in [2.75, 3.05) is 5.75 Å². The van der Waals surface area contributed by atoms with E-state index in [2.05, 4.69) is 31.6 Å². The maximum absolute atomic E-state index is 12.2. The first-order valence-corrected chi connectivity index (χ1v) is 9.18. The number of benzene rings is 1. The topological polar surface area (TPSA) is 106 Å². The highest BCUT2D eigenvalue weighted by Gasteiger charge is 2.43. The average molecular weight is 412 g/mol. The third-order valence-electron chi connectivity index (χ3n) is 4.11. The summed E-state index contributed by atoms with van der Waals surface area (Å²) >= 11 is 1.05. The molecule has 1 fully saturated rings. The lowest BCUT2D eigenvalue weighted by atomic mass is 9.98. The molecule has 148 valence electrons. The maximum Gasteiger partial charge on any atom is 0.573 e. The van der Waals surface area contributed by atoms with Crippen LogP contribution in [0.25, 0.3) is 5.69 Å². The van der Waals surface area contributed by atoms with Gasteiger partial charge in [-0.2, -0.15) is 9.94 Å². The number of ether oxygens (including phenoxy) is 1. The number of nitrogens with zero attached hydrogens (tertiary/aromatic N) is 5. The Hall–Kier alpha value is -2.81. The number of aromatic nitrogens is 4. The molecule has 1 aromatic heterocycles. The summed E-state index contributed by atoms with van der Waals surface area (Å²) in [6, 6.07) is 7.15. The Morgan fingerprint density at radius 1 is 1.39 bits per heavy atom. The Balaban J connectivity index is 1.62. The van der Waals surface area contributed by atoms with Gasteiger partial charge >= 0.3 is 6.36 Å². The van der Waals surface area contributed by atoms with Gasteiger partial charge in [-0.25, -0.2) is 0 Å². The van der Waals surface area contributed by atoms with Crippen LogP contribution < -0.4 is 10.1 Å². The summed E-state index contributed by atoms with van der Waals surface area (Å²) in [7, 11) is 0. The fourth-order valence-electron chi connectivity index (χ4n) is 2.56. The minimum absolute atomic E-state index is 0.0143. The second-order valence-corrected chi connectivity index (χ2v) is 7.28. The summed E-state index contributed by atoms with van der Waals surface area (Å²) in [4.78, 5) is 12.2. The molecule has 0 unspecified atom stereocenters. The lowest BCUT2D eigenvalue weighted by Crippen LogP contribution is -2.47. The molecule has 8 nitrogen and oxygen atoms in total. The van der Waals surface area contributed by atoms with Crippen LogP contribution in [0.5, 0.6) is 5.75 Å². The van der Waals surface area contributed by atoms with Crippen molar-refractivity contribution in [3.05, 3.63) is 24.3 Å². The fourth-order valence-corrected chi connectivity index (χ4v) is 3.25. The molecule has 1 atom stereocenters. The second kappa shape index (κ2) is 7.67. The molecule has 28 heavy (non-hydrogen) atoms. The number of rotatable bonds is 7. The van der Waals surface area contributed by atoms with Gasteiger partial charge in [0.25, 0.3) is 0 Å². The molecular formula is C16H15F3N6O2S. The van der Waals surface area contributed by atoms with Crippen LogP contribution in [-0.4, -0.2) is 43.8 Å². The minimum atomic E-state index is -4.77. The van der Waals surface area contributed by atoms with Gasteiger partial charge in [0.1, 0.15) is 11.3 Å². The number of halogens is 3. The molecule has 1 N–H and O–H groups in total. The van der Waals surface area contributed by atoms with E-state index in [1.807, 2.05) is 0 Å². The summed E-state index contributed by atoms with van der Waals surface area (Å²) in [5, 5.41) is 23.4. The minimum Gasteiger partial charge on any atom is -0.406 e. The van der Waals surface area contributed by atoms with Gasteiger partial charge in [-0.05, 0) is 60.4 Å². The number of hydrogen-bond acceptors (Lipinski definition) is 7. The van der Waals surface area contributed by atoms with Gasteiger partial charge in [0.2, 0.25) is 11.1 Å². The van der Waals surface area contributed by atoms with E-state index in [4.69, 9.17) is 0 Å². The average Bonchev–Trinajstić information content (AvgIpc) is 3.39. The third kappa shape index (κ3) is 4.92. The van der Waals surface area contributed by atoms with Crippen molar-refractivity contribution in [3.63, 3.8) is 0 Å². The van der Waals surface area contributed by atoms with Crippen LogP contribution in [0.3, 0.4) is 0 Å². The molecule has 0 spiro atoms. The number of hydrogen-bond donors (Lipinski definition) is 1. The van der Waals surface area contributed by atoms with Crippen molar-refractivity contribution < 1.29 is 22.7 Å². The van der Waals surface area contributed by atoms with E-state index < -0.39 is 11.9 Å². The van der Waals surface area contributed by atoms with Gasteiger partial charge in [-0.1, -0.05) is 11.8 Å². The van der Waals surface area contributed by atoms with Crippen LogP contribution in [-0.2, 0) is 4.79 Å². The molecule has 1 heterocycles. The predicted octanol–water partition coefficient (Wildman–Crippen LogP) is 2.46. The Kier molecular flexibility index (Phi) is 5.46. The van der Waals surface area contributed by atoms with E-state index in [-0.39, 0.29) is 28.5 Å². The van der Waals surface area contributed by atoms with Crippen LogP contribution >= 0.6 is 11.8 Å². The summed E-state index contributed by atoms with van der Waals surface area (Å²) in [5.41, 5.74) is -0.486. The number of alkyl halides is 3. The van der Waals surface area contributed by atoms with E-state index >= 15 is 0 Å². The van der Waals surface area contributed by atoms with Crippen LogP contribution in [0.2, 0.25) is 0 Å². The molecule has 0 bridgehead atoms. The van der Waals surface area contributed by atoms with E-state index in [1.165, 1.54) is 16.8 Å². The van der Waals surface area contributed by atoms with E-state index in [0.29, 0.717) is 5.69 Å². The van der Waals surface area contributed by atoms with Crippen LogP contribution in [0.4, 0.5) is 13.2 Å². The van der Waals surface area contributed by atoms with Gasteiger partial charge in [0, 0.05) is 0 Å². The van der Waals surface area contributed by atoms with Gasteiger partial charge in [0.15, 0.2) is 0 Å². The van der Waals surface area contributed by atoms with Crippen molar-refractivity contribution in [3.8, 4) is 17.5 Å². The van der Waals surface area contributed by atoms with Gasteiger partial charge in [-0.3, -0.25) is 4.79 Å². The molecule has 1 aliphatic rings. The Morgan fingerprint density at radius 2 is 2.07 bits per heavy atom. The first kappa shape index (κ1) is 19.9. The number of tetrazole rings is 1. The van der Waals surface area contributed by atoms with E-state index in [1.54, 1.807) is 6.92 Å². The quantitative estimate of drug-likeness (QED) is 0.697. The highest BCUT2D eigenvalue weighted by atomic mass is 32.2. The number of carbonyl (C=O) groups is 1. The number of amides is 1. The molecule has 2 aromatic rings. The smallest absolute Gasteiger partial charge is 0.406 e. The zero-order chi connectivity index (χ0) is 20.4. The van der Waals surface area contributed by atoms with Crippen LogP contribution in [0.1, 0.15) is 19.8 Å². The zero-order valence-electron chi connectivity index (χ0n) is 14.6. The summed E-state index contributed by atoms with van der Waals surface area (Å²) < 4.78 is 41.8. The second-order valence-electron chi connectivity index (χ2n) is 6.34. The molecule has 1 saturated carbocycles. The molecular weight excluding hydrogens is 397 g/mol. The Morgan fingerprint density at radius 3 is 2.64 bits per heavy atom. The summed E-state index contributed by atoms with van der Waals surface area (Å²) in [5.74, 6) is -0.549. The standard InChI is InChI=1S/C16H15F3N6O2S/c1-15(9-20,10-2-3-10)21-13(26)8-28-14-22-23-24-25(14)11-4-6-12(7-5-11)27-16(17,18)19/h4-7,10H,2-3,8H2,1H3,(H,21,26)/t15-/m0/s1. The first-order valence-electron chi connectivity index (χ1n) is 8.20. The summed E-state index contributed by atoms with van der Waals surface area (Å²) in [6.07, 6.45) is -2.96. The zero-order valence-corrected chi connectivity index (χ0v) is 15.4. The molecule has 0 radical (unpaired) electrons. The molecule has 3 rings (SSSR count). The Bertz CT molecular complexity index is 891. The van der Waals surface area contributed by atoms with Gasteiger partial charge < -0.3 is 10.1 Å². The summed E-state index contributed by atoms with van der Waals surface area (Å²) in [6.45, 7) is 1.70. The normalized spacial score (nSPS) is 16.1. The molecule has 0 aliphatic heterocycles. The number of carbonyl (C=O) groups excluding carboxylic acids is 1. The lowest BCUT2D eigenvalue weighted by molar-refractivity contribution is -0.274. The van der Waals surface area contributed by atoms with E-state index in [9.17, 15) is 23.2 Å². The van der Waals surface area contributed by atoms with E-state index in [0.717, 1.165) is 36.7 Å². The lowest BCUT2D eigenvalue weighted by Gasteiger charge is -2.22. The maximum atomic E-state index is 12.2. The number of thioether (sulfide) groups is 1. The van der Waals surface area contributed by atoms with Crippen molar-refractivity contribution in [1.29, 1.82) is 5.26 Å². The first-order chi connectivity index (χ1) is 13.2. The molecule has 1 amide bonds. The molecule has 12 heteroatoms. The highest BCUT2D eigenvalue weighted by molar-refractivity contribution is 7.99. The molecule has 0 saturated heterocycles. The van der Waals surface area contributed by atoms with Gasteiger partial charge in [0.05, 0.1) is 17.5 Å². The SMILES string of the molecule is C[C@@](C#N)(NC(=O)CSc1nnnn1-c1ccc(OC(F)(F)F)cc1)C1CC1. The largest absolute Gasteiger partial charge is 0.573 e. The number of nitriles is 1. The highest BCUT2D eigenvalue weighted by Crippen LogP contribution is 2.39. The third-order valence-corrected chi connectivity index (χ3v) is 5.03.